The van der Waals surface area contributed by atoms with Crippen LogP contribution in [-0.4, -0.2) is 36.8 Å². The molecule has 2 heterocycles. The van der Waals surface area contributed by atoms with Crippen molar-refractivity contribution < 1.29 is 19.4 Å². The molecular formula is C19H22N2O4. The third-order valence-electron chi connectivity index (χ3n) is 4.58. The van der Waals surface area contributed by atoms with Gasteiger partial charge in [-0.05, 0) is 30.7 Å². The van der Waals surface area contributed by atoms with Gasteiger partial charge in [0.15, 0.2) is 0 Å². The second-order valence-electron chi connectivity index (χ2n) is 5.97. The lowest BCUT2D eigenvalue weighted by molar-refractivity contribution is -0.154. The third kappa shape index (κ3) is 3.05. The van der Waals surface area contributed by atoms with E-state index < -0.39 is 18.0 Å². The lowest BCUT2D eigenvalue weighted by Crippen LogP contribution is -2.43. The van der Waals surface area contributed by atoms with E-state index in [2.05, 4.69) is 4.98 Å². The van der Waals surface area contributed by atoms with E-state index in [4.69, 9.17) is 9.47 Å². The average molecular weight is 342 g/mol. The lowest BCUT2D eigenvalue weighted by Gasteiger charge is -2.42. The zero-order valence-corrected chi connectivity index (χ0v) is 14.5. The van der Waals surface area contributed by atoms with Crippen LogP contribution in [0.15, 0.2) is 42.6 Å². The van der Waals surface area contributed by atoms with Crippen LogP contribution in [0, 0.1) is 5.92 Å². The molecule has 0 unspecified atom stereocenters. The largest absolute Gasteiger partial charge is 0.497 e. The highest BCUT2D eigenvalue weighted by Crippen LogP contribution is 2.46. The molecule has 0 radical (unpaired) electrons. The number of hydrogen-bond donors (Lipinski definition) is 1. The molecule has 0 spiro atoms. The zero-order valence-electron chi connectivity index (χ0n) is 14.5. The molecule has 132 valence electrons. The number of carbonyl (C=O) groups is 1. The van der Waals surface area contributed by atoms with Crippen LogP contribution in [0.1, 0.15) is 30.2 Å². The standard InChI is InChI=1S/C19H22N2O4/c1-4-25-19(23)15-16(12-7-9-13(24-3)10-8-12)21(2)18-14(17(15)22)6-5-11-20-18/h5-11,15-17,22H,4H2,1-3H3/t15-,16-,17+/m1/s1. The van der Waals surface area contributed by atoms with Crippen LogP contribution in [0.4, 0.5) is 5.82 Å². The minimum atomic E-state index is -0.981. The molecule has 1 aromatic heterocycles. The number of anilines is 1. The number of hydrogen-bond acceptors (Lipinski definition) is 6. The molecular weight excluding hydrogens is 320 g/mol. The van der Waals surface area contributed by atoms with Gasteiger partial charge >= 0.3 is 5.97 Å². The fourth-order valence-corrected chi connectivity index (χ4v) is 3.40. The molecule has 3 atom stereocenters. The predicted octanol–water partition coefficient (Wildman–Crippen LogP) is 2.49. The van der Waals surface area contributed by atoms with Crippen LogP contribution >= 0.6 is 0 Å². The van der Waals surface area contributed by atoms with Crippen molar-refractivity contribution in [2.45, 2.75) is 19.1 Å². The molecule has 0 saturated heterocycles. The first-order valence-electron chi connectivity index (χ1n) is 8.24. The summed E-state index contributed by atoms with van der Waals surface area (Å²) in [6, 6.07) is 10.6. The van der Waals surface area contributed by atoms with Gasteiger partial charge < -0.3 is 19.5 Å². The molecule has 2 aromatic rings. The third-order valence-corrected chi connectivity index (χ3v) is 4.58. The monoisotopic (exact) mass is 342 g/mol. The number of aliphatic hydroxyl groups is 1. The van der Waals surface area contributed by atoms with Crippen molar-refractivity contribution in [3.8, 4) is 5.75 Å². The summed E-state index contributed by atoms with van der Waals surface area (Å²) in [6.45, 7) is 2.02. The molecule has 0 bridgehead atoms. The summed E-state index contributed by atoms with van der Waals surface area (Å²) in [7, 11) is 3.48. The highest BCUT2D eigenvalue weighted by atomic mass is 16.5. The minimum absolute atomic E-state index is 0.265. The van der Waals surface area contributed by atoms with Crippen LogP contribution < -0.4 is 9.64 Å². The smallest absolute Gasteiger partial charge is 0.314 e. The summed E-state index contributed by atoms with van der Waals surface area (Å²) in [6.07, 6.45) is 0.698. The van der Waals surface area contributed by atoms with Gasteiger partial charge in [0, 0.05) is 18.8 Å². The Morgan fingerprint density at radius 3 is 2.64 bits per heavy atom. The van der Waals surface area contributed by atoms with E-state index in [0.717, 1.165) is 11.3 Å². The Bertz CT molecular complexity index is 747. The fourth-order valence-electron chi connectivity index (χ4n) is 3.40. The van der Waals surface area contributed by atoms with Gasteiger partial charge in [0.1, 0.15) is 17.5 Å². The molecule has 1 aliphatic rings. The quantitative estimate of drug-likeness (QED) is 0.861. The van der Waals surface area contributed by atoms with Crippen LogP contribution in [0.5, 0.6) is 5.75 Å². The summed E-state index contributed by atoms with van der Waals surface area (Å²) < 4.78 is 10.4. The Morgan fingerprint density at radius 2 is 2.00 bits per heavy atom. The first kappa shape index (κ1) is 17.2. The maximum absolute atomic E-state index is 12.6. The number of ether oxygens (including phenoxy) is 2. The second kappa shape index (κ2) is 7.11. The van der Waals surface area contributed by atoms with E-state index in [1.807, 2.05) is 36.2 Å². The van der Waals surface area contributed by atoms with E-state index in [1.54, 1.807) is 32.4 Å². The molecule has 1 aromatic carbocycles. The van der Waals surface area contributed by atoms with E-state index in [1.165, 1.54) is 0 Å². The number of fused-ring (bicyclic) bond motifs is 1. The Hall–Kier alpha value is -2.60. The highest BCUT2D eigenvalue weighted by Gasteiger charge is 2.45. The number of aliphatic hydroxyl groups excluding tert-OH is 1. The number of carbonyl (C=O) groups excluding carboxylic acids is 1. The summed E-state index contributed by atoms with van der Waals surface area (Å²) in [5.74, 6) is 0.234. The van der Waals surface area contributed by atoms with Crippen molar-refractivity contribution in [1.29, 1.82) is 0 Å². The van der Waals surface area contributed by atoms with Crippen molar-refractivity contribution in [2.24, 2.45) is 5.92 Å². The second-order valence-corrected chi connectivity index (χ2v) is 5.97. The summed E-state index contributed by atoms with van der Waals surface area (Å²) in [5, 5.41) is 10.9. The van der Waals surface area contributed by atoms with Crippen LogP contribution in [0.25, 0.3) is 0 Å². The van der Waals surface area contributed by atoms with Crippen molar-refractivity contribution in [1.82, 2.24) is 4.98 Å². The van der Waals surface area contributed by atoms with Gasteiger partial charge in [-0.2, -0.15) is 0 Å². The number of pyridine rings is 1. The number of benzene rings is 1. The predicted molar refractivity (Wildman–Crippen MR) is 93.5 cm³/mol. The normalized spacial score (nSPS) is 22.2. The molecule has 0 amide bonds. The number of aromatic nitrogens is 1. The fraction of sp³-hybridized carbons (Fsp3) is 0.368. The van der Waals surface area contributed by atoms with Gasteiger partial charge in [0.2, 0.25) is 0 Å². The summed E-state index contributed by atoms with van der Waals surface area (Å²) in [5.41, 5.74) is 1.52. The molecule has 0 fully saturated rings. The SMILES string of the molecule is CCOC(=O)[C@@H]1[C@@H](c2ccc(OC)cc2)N(C)c2ncccc2[C@@H]1O. The van der Waals surface area contributed by atoms with Crippen LogP contribution in [0.2, 0.25) is 0 Å². The lowest BCUT2D eigenvalue weighted by atomic mass is 9.81. The van der Waals surface area contributed by atoms with Gasteiger partial charge in [0.25, 0.3) is 0 Å². The van der Waals surface area contributed by atoms with E-state index >= 15 is 0 Å². The first-order chi connectivity index (χ1) is 12.1. The molecule has 25 heavy (non-hydrogen) atoms. The number of methoxy groups -OCH3 is 1. The minimum Gasteiger partial charge on any atom is -0.497 e. The molecule has 6 heteroatoms. The Morgan fingerprint density at radius 1 is 1.28 bits per heavy atom. The average Bonchev–Trinajstić information content (AvgIpc) is 2.64. The van der Waals surface area contributed by atoms with Gasteiger partial charge in [-0.25, -0.2) is 4.98 Å². The van der Waals surface area contributed by atoms with Crippen LogP contribution in [-0.2, 0) is 9.53 Å². The maximum Gasteiger partial charge on any atom is 0.314 e. The number of rotatable bonds is 4. The molecule has 0 saturated carbocycles. The molecule has 1 N–H and O–H groups in total. The molecule has 3 rings (SSSR count). The highest BCUT2D eigenvalue weighted by molar-refractivity contribution is 5.77. The summed E-state index contributed by atoms with van der Waals surface area (Å²) in [4.78, 5) is 18.9. The summed E-state index contributed by atoms with van der Waals surface area (Å²) >= 11 is 0. The number of esters is 1. The van der Waals surface area contributed by atoms with Gasteiger partial charge in [-0.15, -0.1) is 0 Å². The Kier molecular flexibility index (Phi) is 4.90. The Labute approximate surface area is 147 Å². The Balaban J connectivity index is 2.09. The van der Waals surface area contributed by atoms with E-state index in [0.29, 0.717) is 11.4 Å². The van der Waals surface area contributed by atoms with E-state index in [9.17, 15) is 9.90 Å². The number of nitrogens with zero attached hydrogens (tertiary/aromatic N) is 2. The van der Waals surface area contributed by atoms with Crippen molar-refractivity contribution in [3.63, 3.8) is 0 Å². The van der Waals surface area contributed by atoms with Crippen molar-refractivity contribution in [2.75, 3.05) is 25.7 Å². The van der Waals surface area contributed by atoms with E-state index in [-0.39, 0.29) is 12.6 Å². The van der Waals surface area contributed by atoms with Gasteiger partial charge in [-0.3, -0.25) is 4.79 Å². The van der Waals surface area contributed by atoms with Crippen LogP contribution in [0.3, 0.4) is 0 Å². The molecule has 1 aliphatic heterocycles. The zero-order chi connectivity index (χ0) is 18.0. The van der Waals surface area contributed by atoms with Crippen molar-refractivity contribution >= 4 is 11.8 Å². The topological polar surface area (TPSA) is 71.9 Å². The molecule has 0 aliphatic carbocycles. The first-order valence-corrected chi connectivity index (χ1v) is 8.24. The molecule has 6 nitrogen and oxygen atoms in total. The van der Waals surface area contributed by atoms with Gasteiger partial charge in [-0.1, -0.05) is 18.2 Å². The van der Waals surface area contributed by atoms with Gasteiger partial charge in [0.05, 0.1) is 25.9 Å². The maximum atomic E-state index is 12.6. The van der Waals surface area contributed by atoms with Crippen molar-refractivity contribution in [3.05, 3.63) is 53.7 Å².